The minimum Gasteiger partial charge on any atom is -0.252 e. The van der Waals surface area contributed by atoms with Gasteiger partial charge in [0.25, 0.3) is 0 Å². The highest BCUT2D eigenvalue weighted by molar-refractivity contribution is 7.11. The molecule has 0 N–H and O–H groups in total. The lowest BCUT2D eigenvalue weighted by Crippen LogP contribution is -2.17. The molecule has 0 amide bonds. The predicted molar refractivity (Wildman–Crippen MR) is 44.0 cm³/mol. The molecular formula is C7H7ClF2Si. The monoisotopic (exact) mass is 192 g/mol. The number of hydrogen-bond donors (Lipinski definition) is 0. The Morgan fingerprint density at radius 1 is 1.18 bits per heavy atom. The molecule has 0 aliphatic heterocycles. The fourth-order valence-corrected chi connectivity index (χ4v) is 1.99. The molecule has 0 saturated heterocycles. The van der Waals surface area contributed by atoms with E-state index in [1.165, 1.54) is 0 Å². The molecule has 0 unspecified atom stereocenters. The van der Waals surface area contributed by atoms with E-state index < -0.39 is 8.05 Å². The zero-order valence-corrected chi connectivity index (χ0v) is 7.48. The van der Waals surface area contributed by atoms with Crippen molar-refractivity contribution in [1.82, 2.24) is 0 Å². The Labute approximate surface area is 69.9 Å². The van der Waals surface area contributed by atoms with E-state index >= 15 is 0 Å². The Bertz CT molecular complexity index is 220. The molecule has 0 spiro atoms. The first-order valence-corrected chi connectivity index (χ1v) is 6.16. The molecule has 0 nitrogen and oxygen atoms in total. The van der Waals surface area contributed by atoms with Crippen molar-refractivity contribution in [2.24, 2.45) is 0 Å². The number of rotatable bonds is 2. The molecule has 60 valence electrons. The van der Waals surface area contributed by atoms with Crippen molar-refractivity contribution in [3.8, 4) is 0 Å². The van der Waals surface area contributed by atoms with E-state index in [0.717, 1.165) is 0 Å². The van der Waals surface area contributed by atoms with E-state index in [2.05, 4.69) is 0 Å². The summed E-state index contributed by atoms with van der Waals surface area (Å²) in [6.07, 6.45) is 0. The highest BCUT2D eigenvalue weighted by atomic mass is 35.6. The summed E-state index contributed by atoms with van der Waals surface area (Å²) < 4.78 is 24.6. The molecule has 0 fully saturated rings. The third kappa shape index (κ3) is 3.48. The fourth-order valence-electron chi connectivity index (χ4n) is 0.827. The molecule has 4 heteroatoms. The Morgan fingerprint density at radius 3 is 2.18 bits per heavy atom. The summed E-state index contributed by atoms with van der Waals surface area (Å²) in [5.74, 6) is 0. The van der Waals surface area contributed by atoms with Crippen LogP contribution in [0.5, 0.6) is 0 Å². The number of halogens is 3. The van der Waals surface area contributed by atoms with Gasteiger partial charge < -0.3 is 0 Å². The normalized spacial score (nSPS) is 11.5. The summed E-state index contributed by atoms with van der Waals surface area (Å²) in [5.41, 5.74) is 0.610. The van der Waals surface area contributed by atoms with E-state index in [0.29, 0.717) is 5.56 Å². The van der Waals surface area contributed by atoms with Gasteiger partial charge >= 0.3 is 8.05 Å². The van der Waals surface area contributed by atoms with Crippen molar-refractivity contribution in [3.63, 3.8) is 0 Å². The second kappa shape index (κ2) is 3.32. The van der Waals surface area contributed by atoms with Crippen LogP contribution in [0.2, 0.25) is 0 Å². The zero-order valence-electron chi connectivity index (χ0n) is 5.73. The van der Waals surface area contributed by atoms with Gasteiger partial charge in [-0.15, -0.1) is 0 Å². The van der Waals surface area contributed by atoms with Crippen LogP contribution in [0.4, 0.5) is 8.22 Å². The first-order chi connectivity index (χ1) is 5.08. The lowest BCUT2D eigenvalue weighted by atomic mass is 10.2. The molecule has 0 aliphatic carbocycles. The molecule has 0 bridgehead atoms. The van der Waals surface area contributed by atoms with Crippen LogP contribution in [0.3, 0.4) is 0 Å². The molecule has 0 heterocycles. The lowest BCUT2D eigenvalue weighted by Gasteiger charge is -2.02. The summed E-state index contributed by atoms with van der Waals surface area (Å²) >= 11 is 4.87. The maximum Gasteiger partial charge on any atom is 0.525 e. The number of hydrogen-bond acceptors (Lipinski definition) is 0. The van der Waals surface area contributed by atoms with Gasteiger partial charge in [-0.2, -0.15) is 0 Å². The molecule has 11 heavy (non-hydrogen) atoms. The molecule has 1 aromatic rings. The van der Waals surface area contributed by atoms with Gasteiger partial charge in [0.15, 0.2) is 0 Å². The standard InChI is InChI=1S/C7H7ClF2Si/c8-11(9,10)6-7-4-2-1-3-5-7/h1-5H,6H2. The molecule has 0 aromatic heterocycles. The zero-order chi connectivity index (χ0) is 8.32. The molecule has 1 rings (SSSR count). The maximum absolute atomic E-state index is 12.3. The summed E-state index contributed by atoms with van der Waals surface area (Å²) in [6, 6.07) is 8.29. The van der Waals surface area contributed by atoms with Crippen molar-refractivity contribution < 1.29 is 8.22 Å². The Morgan fingerprint density at radius 2 is 1.73 bits per heavy atom. The van der Waals surface area contributed by atoms with Crippen molar-refractivity contribution in [2.45, 2.75) is 6.04 Å². The van der Waals surface area contributed by atoms with E-state index in [-0.39, 0.29) is 6.04 Å². The van der Waals surface area contributed by atoms with Gasteiger partial charge in [-0.3, -0.25) is 8.22 Å². The van der Waals surface area contributed by atoms with E-state index in [9.17, 15) is 8.22 Å². The van der Waals surface area contributed by atoms with Gasteiger partial charge in [-0.1, -0.05) is 41.4 Å². The van der Waals surface area contributed by atoms with Crippen LogP contribution < -0.4 is 0 Å². The van der Waals surface area contributed by atoms with Crippen LogP contribution >= 0.6 is 11.1 Å². The third-order valence-corrected chi connectivity index (χ3v) is 2.46. The third-order valence-electron chi connectivity index (χ3n) is 1.25. The molecule has 1 aromatic carbocycles. The lowest BCUT2D eigenvalue weighted by molar-refractivity contribution is 0.636. The fraction of sp³-hybridized carbons (Fsp3) is 0.143. The first-order valence-electron chi connectivity index (χ1n) is 3.18. The second-order valence-corrected chi connectivity index (χ2v) is 5.52. The van der Waals surface area contributed by atoms with Gasteiger partial charge in [-0.05, 0) is 5.56 Å². The molecule has 0 aliphatic rings. The second-order valence-electron chi connectivity index (χ2n) is 2.28. The topological polar surface area (TPSA) is 0 Å². The van der Waals surface area contributed by atoms with Gasteiger partial charge in [-0.25, -0.2) is 0 Å². The van der Waals surface area contributed by atoms with Crippen molar-refractivity contribution in [3.05, 3.63) is 35.9 Å². The van der Waals surface area contributed by atoms with Crippen LogP contribution in [0, 0.1) is 0 Å². The summed E-state index contributed by atoms with van der Waals surface area (Å²) in [7, 11) is -4.43. The minimum absolute atomic E-state index is 0.268. The SMILES string of the molecule is F[Si](F)(Cl)Cc1ccccc1. The summed E-state index contributed by atoms with van der Waals surface area (Å²) in [5, 5.41) is 0. The Kier molecular flexibility index (Phi) is 2.62. The highest BCUT2D eigenvalue weighted by Crippen LogP contribution is 2.18. The average Bonchev–Trinajstić information content (AvgIpc) is 1.85. The van der Waals surface area contributed by atoms with Gasteiger partial charge in [0.05, 0.1) is 0 Å². The highest BCUT2D eigenvalue weighted by Gasteiger charge is 2.32. The van der Waals surface area contributed by atoms with Crippen molar-refractivity contribution in [1.29, 1.82) is 0 Å². The number of benzene rings is 1. The van der Waals surface area contributed by atoms with Gasteiger partial charge in [0.2, 0.25) is 0 Å². The van der Waals surface area contributed by atoms with Crippen LogP contribution in [-0.4, -0.2) is 8.05 Å². The molecule has 0 saturated carbocycles. The molecular weight excluding hydrogens is 186 g/mol. The summed E-state index contributed by atoms with van der Waals surface area (Å²) in [4.78, 5) is 0. The van der Waals surface area contributed by atoms with Crippen molar-refractivity contribution in [2.75, 3.05) is 0 Å². The van der Waals surface area contributed by atoms with Crippen LogP contribution in [0.1, 0.15) is 5.56 Å². The maximum atomic E-state index is 12.3. The predicted octanol–water partition coefficient (Wildman–Crippen LogP) is 2.89. The van der Waals surface area contributed by atoms with Gasteiger partial charge in [0, 0.05) is 6.04 Å². The Hall–Kier alpha value is -0.413. The van der Waals surface area contributed by atoms with Crippen LogP contribution in [-0.2, 0) is 6.04 Å². The van der Waals surface area contributed by atoms with E-state index in [1.807, 2.05) is 0 Å². The molecule has 0 atom stereocenters. The largest absolute Gasteiger partial charge is 0.525 e. The Balaban J connectivity index is 2.66. The van der Waals surface area contributed by atoms with Gasteiger partial charge in [0.1, 0.15) is 0 Å². The van der Waals surface area contributed by atoms with Crippen LogP contribution in [0.15, 0.2) is 30.3 Å². The van der Waals surface area contributed by atoms with Crippen molar-refractivity contribution >= 4 is 19.1 Å². The first kappa shape index (κ1) is 8.68. The minimum atomic E-state index is -4.43. The van der Waals surface area contributed by atoms with E-state index in [1.54, 1.807) is 30.3 Å². The summed E-state index contributed by atoms with van der Waals surface area (Å²) in [6.45, 7) is 0. The van der Waals surface area contributed by atoms with Crippen LogP contribution in [0.25, 0.3) is 0 Å². The quantitative estimate of drug-likeness (QED) is 0.499. The smallest absolute Gasteiger partial charge is 0.252 e. The van der Waals surface area contributed by atoms with E-state index in [4.69, 9.17) is 11.1 Å². The average molecular weight is 193 g/mol. The molecule has 0 radical (unpaired) electrons.